The van der Waals surface area contributed by atoms with Crippen LogP contribution in [0.1, 0.15) is 17.4 Å². The number of nitrogens with one attached hydrogen (secondary N) is 2. The molecule has 18 heavy (non-hydrogen) atoms. The van der Waals surface area contributed by atoms with Gasteiger partial charge in [0.15, 0.2) is 11.8 Å². The minimum Gasteiger partial charge on any atom is -0.448 e. The van der Waals surface area contributed by atoms with Crippen molar-refractivity contribution in [3.05, 3.63) is 24.3 Å². The van der Waals surface area contributed by atoms with Gasteiger partial charge in [-0.25, -0.2) is 14.6 Å². The summed E-state index contributed by atoms with van der Waals surface area (Å²) in [5, 5.41) is 4.19. The number of imide groups is 1. The highest BCUT2D eigenvalue weighted by molar-refractivity contribution is 5.98. The number of nitrogens with zero attached hydrogens (tertiary/aromatic N) is 2. The van der Waals surface area contributed by atoms with Gasteiger partial charge in [0.25, 0.3) is 5.91 Å². The normalized spacial score (nSPS) is 11.2. The minimum atomic E-state index is -1.11. The SMILES string of the molecule is CNC(=O)NC(=O)[C@H](C)OC(=O)c1cnccn1. The third-order valence-electron chi connectivity index (χ3n) is 1.89. The summed E-state index contributed by atoms with van der Waals surface area (Å²) in [7, 11) is 1.36. The standard InChI is InChI=1S/C10H12N4O4/c1-6(8(15)14-10(17)11-2)18-9(16)7-5-12-3-4-13-7/h3-6H,1-2H3,(H2,11,14,15,17)/t6-/m0/s1. The molecule has 1 aromatic heterocycles. The Morgan fingerprint density at radius 3 is 2.61 bits per heavy atom. The molecule has 1 aromatic rings. The van der Waals surface area contributed by atoms with Crippen LogP contribution in [0.4, 0.5) is 4.79 Å². The van der Waals surface area contributed by atoms with E-state index in [1.807, 2.05) is 5.32 Å². The lowest BCUT2D eigenvalue weighted by Crippen LogP contribution is -2.43. The van der Waals surface area contributed by atoms with E-state index in [9.17, 15) is 14.4 Å². The van der Waals surface area contributed by atoms with Crippen molar-refractivity contribution in [3.63, 3.8) is 0 Å². The highest BCUT2D eigenvalue weighted by Crippen LogP contribution is 1.99. The number of carbonyl (C=O) groups excluding carboxylic acids is 3. The molecule has 2 N–H and O–H groups in total. The van der Waals surface area contributed by atoms with Gasteiger partial charge in [-0.05, 0) is 6.92 Å². The average molecular weight is 252 g/mol. The minimum absolute atomic E-state index is 0.0166. The van der Waals surface area contributed by atoms with Crippen LogP contribution in [0.2, 0.25) is 0 Å². The Morgan fingerprint density at radius 2 is 2.06 bits per heavy atom. The van der Waals surface area contributed by atoms with E-state index in [-0.39, 0.29) is 5.69 Å². The second-order valence-electron chi connectivity index (χ2n) is 3.21. The van der Waals surface area contributed by atoms with Crippen LogP contribution in [0, 0.1) is 0 Å². The summed E-state index contributed by atoms with van der Waals surface area (Å²) in [5.41, 5.74) is -0.0166. The van der Waals surface area contributed by atoms with Crippen LogP contribution < -0.4 is 10.6 Å². The highest BCUT2D eigenvalue weighted by atomic mass is 16.5. The van der Waals surface area contributed by atoms with E-state index >= 15 is 0 Å². The number of ether oxygens (including phenoxy) is 1. The van der Waals surface area contributed by atoms with Crippen LogP contribution in [0.5, 0.6) is 0 Å². The van der Waals surface area contributed by atoms with Crippen LogP contribution >= 0.6 is 0 Å². The summed E-state index contributed by atoms with van der Waals surface area (Å²) in [6.07, 6.45) is 2.83. The van der Waals surface area contributed by atoms with E-state index < -0.39 is 24.0 Å². The second kappa shape index (κ2) is 6.28. The molecule has 0 bridgehead atoms. The predicted octanol–water partition coefficient (Wildman–Crippen LogP) is -0.523. The first-order valence-electron chi connectivity index (χ1n) is 5.04. The molecule has 0 fully saturated rings. The molecule has 8 heteroatoms. The molecule has 3 amide bonds. The van der Waals surface area contributed by atoms with Gasteiger partial charge >= 0.3 is 12.0 Å². The summed E-state index contributed by atoms with van der Waals surface area (Å²) >= 11 is 0. The number of aromatic nitrogens is 2. The first-order chi connectivity index (χ1) is 8.54. The quantitative estimate of drug-likeness (QED) is 0.700. The average Bonchev–Trinajstić information content (AvgIpc) is 2.39. The molecule has 0 saturated heterocycles. The number of esters is 1. The molecule has 0 aliphatic heterocycles. The molecule has 1 atom stereocenters. The monoisotopic (exact) mass is 252 g/mol. The predicted molar refractivity (Wildman–Crippen MR) is 59.5 cm³/mol. The van der Waals surface area contributed by atoms with Crippen LogP contribution in [-0.4, -0.2) is 41.0 Å². The highest BCUT2D eigenvalue weighted by Gasteiger charge is 2.20. The fourth-order valence-electron chi connectivity index (χ4n) is 0.955. The van der Waals surface area contributed by atoms with Crippen molar-refractivity contribution >= 4 is 17.9 Å². The lowest BCUT2D eigenvalue weighted by Gasteiger charge is -2.11. The summed E-state index contributed by atoms with van der Waals surface area (Å²) in [5.74, 6) is -1.52. The van der Waals surface area contributed by atoms with Gasteiger partial charge in [-0.15, -0.1) is 0 Å². The maximum atomic E-state index is 11.5. The Morgan fingerprint density at radius 1 is 1.33 bits per heavy atom. The number of hydrogen-bond donors (Lipinski definition) is 2. The van der Waals surface area contributed by atoms with E-state index in [1.165, 1.54) is 32.6 Å². The fourth-order valence-corrected chi connectivity index (χ4v) is 0.955. The third kappa shape index (κ3) is 3.81. The Balaban J connectivity index is 2.55. The molecule has 0 aliphatic rings. The van der Waals surface area contributed by atoms with Gasteiger partial charge < -0.3 is 10.1 Å². The Kier molecular flexibility index (Phi) is 4.73. The molecule has 0 aromatic carbocycles. The largest absolute Gasteiger partial charge is 0.448 e. The van der Waals surface area contributed by atoms with Gasteiger partial charge in [0.05, 0.1) is 6.20 Å². The van der Waals surface area contributed by atoms with Crippen molar-refractivity contribution in [3.8, 4) is 0 Å². The van der Waals surface area contributed by atoms with Crippen LogP contribution in [0.3, 0.4) is 0 Å². The van der Waals surface area contributed by atoms with Crippen molar-refractivity contribution in [2.45, 2.75) is 13.0 Å². The van der Waals surface area contributed by atoms with E-state index in [0.717, 1.165) is 0 Å². The van der Waals surface area contributed by atoms with Crippen LogP contribution in [0.25, 0.3) is 0 Å². The van der Waals surface area contributed by atoms with Gasteiger partial charge in [-0.1, -0.05) is 0 Å². The molecule has 0 radical (unpaired) electrons. The topological polar surface area (TPSA) is 110 Å². The molecule has 96 valence electrons. The molecule has 0 aliphatic carbocycles. The number of urea groups is 1. The van der Waals surface area contributed by atoms with E-state index in [4.69, 9.17) is 4.74 Å². The van der Waals surface area contributed by atoms with Crippen LogP contribution in [-0.2, 0) is 9.53 Å². The maximum Gasteiger partial charge on any atom is 0.359 e. The molecule has 1 rings (SSSR count). The lowest BCUT2D eigenvalue weighted by atomic mass is 10.3. The van der Waals surface area contributed by atoms with E-state index in [1.54, 1.807) is 0 Å². The summed E-state index contributed by atoms with van der Waals surface area (Å²) in [4.78, 5) is 41.2. The van der Waals surface area contributed by atoms with E-state index in [2.05, 4.69) is 15.3 Å². The Labute approximate surface area is 103 Å². The van der Waals surface area contributed by atoms with Gasteiger partial charge in [0.2, 0.25) is 0 Å². The van der Waals surface area contributed by atoms with Crippen molar-refractivity contribution < 1.29 is 19.1 Å². The van der Waals surface area contributed by atoms with Gasteiger partial charge in [-0.3, -0.25) is 15.1 Å². The molecule has 1 heterocycles. The first-order valence-corrected chi connectivity index (χ1v) is 5.04. The third-order valence-corrected chi connectivity index (χ3v) is 1.89. The number of amides is 3. The first kappa shape index (κ1) is 13.6. The molecule has 8 nitrogen and oxygen atoms in total. The molecule has 0 spiro atoms. The van der Waals surface area contributed by atoms with Gasteiger partial charge in [-0.2, -0.15) is 0 Å². The number of hydrogen-bond acceptors (Lipinski definition) is 6. The van der Waals surface area contributed by atoms with Crippen molar-refractivity contribution in [1.29, 1.82) is 0 Å². The Hall–Kier alpha value is -2.51. The zero-order chi connectivity index (χ0) is 13.5. The summed E-state index contributed by atoms with van der Waals surface area (Å²) < 4.78 is 4.81. The van der Waals surface area contributed by atoms with Crippen molar-refractivity contribution in [2.24, 2.45) is 0 Å². The summed E-state index contributed by atoms with van der Waals surface area (Å²) in [6, 6.07) is -0.678. The zero-order valence-electron chi connectivity index (χ0n) is 9.84. The number of carbonyl (C=O) groups is 3. The zero-order valence-corrected chi connectivity index (χ0v) is 9.84. The molecule has 0 saturated carbocycles. The number of rotatable bonds is 3. The lowest BCUT2D eigenvalue weighted by molar-refractivity contribution is -0.127. The Bertz CT molecular complexity index is 448. The maximum absolute atomic E-state index is 11.5. The second-order valence-corrected chi connectivity index (χ2v) is 3.21. The van der Waals surface area contributed by atoms with Gasteiger partial charge in [0.1, 0.15) is 0 Å². The van der Waals surface area contributed by atoms with Gasteiger partial charge in [0, 0.05) is 19.4 Å². The molecular weight excluding hydrogens is 240 g/mol. The summed E-state index contributed by atoms with van der Waals surface area (Å²) in [6.45, 7) is 1.34. The van der Waals surface area contributed by atoms with Crippen molar-refractivity contribution in [2.75, 3.05) is 7.05 Å². The molecule has 0 unspecified atom stereocenters. The fraction of sp³-hybridized carbons (Fsp3) is 0.300. The van der Waals surface area contributed by atoms with E-state index in [0.29, 0.717) is 0 Å². The van der Waals surface area contributed by atoms with Crippen molar-refractivity contribution in [1.82, 2.24) is 20.6 Å². The smallest absolute Gasteiger partial charge is 0.359 e. The molecular formula is C10H12N4O4. The van der Waals surface area contributed by atoms with Crippen LogP contribution in [0.15, 0.2) is 18.6 Å².